The molecule has 9 nitrogen and oxygen atoms in total. The first-order valence-corrected chi connectivity index (χ1v) is 13.3. The van der Waals surface area contributed by atoms with Crippen molar-refractivity contribution in [2.75, 3.05) is 14.2 Å². The number of imidazole rings is 1. The molecule has 3 aromatic carbocycles. The number of fused-ring (bicyclic) bond motifs is 1. The first kappa shape index (κ1) is 24.6. The van der Waals surface area contributed by atoms with Gasteiger partial charge in [-0.15, -0.1) is 10.2 Å². The van der Waals surface area contributed by atoms with Crippen LogP contribution in [0, 0.1) is 0 Å². The molecule has 1 N–H and O–H groups in total. The second-order valence-electron chi connectivity index (χ2n) is 8.73. The molecule has 0 saturated heterocycles. The van der Waals surface area contributed by atoms with Crippen LogP contribution in [0.25, 0.3) is 33.5 Å². The number of pyridine rings is 1. The highest BCUT2D eigenvalue weighted by Crippen LogP contribution is 2.34. The van der Waals surface area contributed by atoms with Gasteiger partial charge in [-0.1, -0.05) is 72.4 Å². The van der Waals surface area contributed by atoms with E-state index in [0.717, 1.165) is 44.3 Å². The Labute approximate surface area is 229 Å². The van der Waals surface area contributed by atoms with E-state index in [4.69, 9.17) is 14.5 Å². The highest BCUT2D eigenvalue weighted by molar-refractivity contribution is 7.98. The van der Waals surface area contributed by atoms with Crippen molar-refractivity contribution in [3.05, 3.63) is 96.3 Å². The van der Waals surface area contributed by atoms with Crippen molar-refractivity contribution < 1.29 is 9.47 Å². The lowest BCUT2D eigenvalue weighted by Gasteiger charge is -2.14. The van der Waals surface area contributed by atoms with Gasteiger partial charge in [0.1, 0.15) is 5.69 Å². The van der Waals surface area contributed by atoms with Gasteiger partial charge in [0, 0.05) is 23.6 Å². The minimum Gasteiger partial charge on any atom is -0.493 e. The van der Waals surface area contributed by atoms with Crippen LogP contribution in [0.15, 0.2) is 90.2 Å². The summed E-state index contributed by atoms with van der Waals surface area (Å²) in [6.45, 7) is 0.509. The fraction of sp³-hybridized carbons (Fsp3) is 0.138. The summed E-state index contributed by atoms with van der Waals surface area (Å²) >= 11 is 1.69. The molecule has 0 atom stereocenters. The predicted octanol–water partition coefficient (Wildman–Crippen LogP) is 5.64. The average molecular weight is 536 g/mol. The molecule has 0 aliphatic heterocycles. The Bertz CT molecular complexity index is 1720. The summed E-state index contributed by atoms with van der Waals surface area (Å²) in [6, 6.07) is 26.5. The Balaban J connectivity index is 1.26. The Morgan fingerprint density at radius 3 is 2.44 bits per heavy atom. The van der Waals surface area contributed by atoms with Crippen LogP contribution < -0.4 is 9.47 Å². The molecule has 194 valence electrons. The summed E-state index contributed by atoms with van der Waals surface area (Å²) in [4.78, 5) is 9.52. The molecule has 0 spiro atoms. The smallest absolute Gasteiger partial charge is 0.205 e. The maximum atomic E-state index is 5.64. The molecule has 0 radical (unpaired) electrons. The molecule has 0 saturated carbocycles. The maximum Gasteiger partial charge on any atom is 0.205 e. The first-order chi connectivity index (χ1) is 19.2. The van der Waals surface area contributed by atoms with Gasteiger partial charge in [0.25, 0.3) is 0 Å². The SMILES string of the molecule is COc1ccnc(Cn2c(SCc3ccc(-c4ccccc4-c4nn[nH]n4)cc3)nc3ccccc32)c1OC. The molecule has 3 aromatic heterocycles. The fourth-order valence-electron chi connectivity index (χ4n) is 4.56. The Kier molecular flexibility index (Phi) is 6.92. The number of benzene rings is 3. The molecule has 6 rings (SSSR count). The monoisotopic (exact) mass is 535 g/mol. The first-order valence-electron chi connectivity index (χ1n) is 12.3. The Hall–Kier alpha value is -4.70. The number of nitrogens with one attached hydrogen (secondary N) is 1. The lowest BCUT2D eigenvalue weighted by molar-refractivity contribution is 0.348. The number of hydrogen-bond acceptors (Lipinski definition) is 8. The molecule has 0 amide bonds. The summed E-state index contributed by atoms with van der Waals surface area (Å²) in [5, 5.41) is 15.4. The van der Waals surface area contributed by atoms with E-state index in [2.05, 4.69) is 66.6 Å². The third-order valence-electron chi connectivity index (χ3n) is 6.44. The molecule has 10 heteroatoms. The van der Waals surface area contributed by atoms with Crippen LogP contribution in [-0.4, -0.2) is 49.4 Å². The van der Waals surface area contributed by atoms with E-state index in [1.54, 1.807) is 38.2 Å². The number of aromatic nitrogens is 7. The standard InChI is InChI=1S/C29H25N7O2S/c1-37-26-15-16-30-24(27(26)38-2)17-36-25-10-6-5-9-23(25)31-29(36)39-18-19-11-13-20(14-12-19)21-7-3-4-8-22(21)28-32-34-35-33-28/h3-16H,17-18H2,1-2H3,(H,32,33,34,35). The van der Waals surface area contributed by atoms with Crippen molar-refractivity contribution in [2.45, 2.75) is 17.5 Å². The van der Waals surface area contributed by atoms with E-state index < -0.39 is 0 Å². The van der Waals surface area contributed by atoms with Crippen LogP contribution in [-0.2, 0) is 12.3 Å². The second kappa shape index (κ2) is 11.0. The third kappa shape index (κ3) is 4.94. The van der Waals surface area contributed by atoms with Crippen LogP contribution in [0.2, 0.25) is 0 Å². The van der Waals surface area contributed by atoms with E-state index in [1.165, 1.54) is 5.56 Å². The number of tetrazole rings is 1. The summed E-state index contributed by atoms with van der Waals surface area (Å²) < 4.78 is 13.3. The Morgan fingerprint density at radius 2 is 1.67 bits per heavy atom. The van der Waals surface area contributed by atoms with Gasteiger partial charge < -0.3 is 14.0 Å². The molecule has 0 bridgehead atoms. The van der Waals surface area contributed by atoms with Gasteiger partial charge in [-0.25, -0.2) is 4.98 Å². The van der Waals surface area contributed by atoms with E-state index in [0.29, 0.717) is 23.9 Å². The minimum atomic E-state index is 0.509. The van der Waals surface area contributed by atoms with E-state index in [-0.39, 0.29) is 0 Å². The van der Waals surface area contributed by atoms with Crippen LogP contribution in [0.5, 0.6) is 11.5 Å². The number of rotatable bonds is 9. The van der Waals surface area contributed by atoms with E-state index in [9.17, 15) is 0 Å². The lowest BCUT2D eigenvalue weighted by Crippen LogP contribution is -2.06. The zero-order chi connectivity index (χ0) is 26.6. The fourth-order valence-corrected chi connectivity index (χ4v) is 5.53. The molecule has 39 heavy (non-hydrogen) atoms. The Morgan fingerprint density at radius 1 is 0.872 bits per heavy atom. The minimum absolute atomic E-state index is 0.509. The summed E-state index contributed by atoms with van der Waals surface area (Å²) in [5.41, 5.74) is 7.04. The third-order valence-corrected chi connectivity index (χ3v) is 7.49. The number of nitrogens with zero attached hydrogens (tertiary/aromatic N) is 6. The van der Waals surface area contributed by atoms with Crippen LogP contribution in [0.1, 0.15) is 11.3 Å². The number of methoxy groups -OCH3 is 2. The van der Waals surface area contributed by atoms with Crippen LogP contribution >= 0.6 is 11.8 Å². The normalized spacial score (nSPS) is 11.1. The number of ether oxygens (including phenoxy) is 2. The van der Waals surface area contributed by atoms with Crippen LogP contribution in [0.4, 0.5) is 0 Å². The van der Waals surface area contributed by atoms with Crippen molar-refractivity contribution in [3.63, 3.8) is 0 Å². The summed E-state index contributed by atoms with van der Waals surface area (Å²) in [7, 11) is 3.26. The zero-order valence-corrected chi connectivity index (χ0v) is 22.2. The molecule has 6 aromatic rings. The number of H-pyrrole nitrogens is 1. The van der Waals surface area contributed by atoms with Gasteiger partial charge in [0.15, 0.2) is 16.7 Å². The molecule has 0 aliphatic carbocycles. The summed E-state index contributed by atoms with van der Waals surface area (Å²) in [5.74, 6) is 2.62. The molecular weight excluding hydrogens is 510 g/mol. The van der Waals surface area contributed by atoms with Crippen molar-refractivity contribution in [3.8, 4) is 34.0 Å². The highest BCUT2D eigenvalue weighted by atomic mass is 32.2. The van der Waals surface area contributed by atoms with Crippen molar-refractivity contribution in [1.29, 1.82) is 0 Å². The number of hydrogen-bond donors (Lipinski definition) is 1. The number of aromatic amines is 1. The van der Waals surface area contributed by atoms with Gasteiger partial charge in [0.2, 0.25) is 5.82 Å². The molecule has 3 heterocycles. The largest absolute Gasteiger partial charge is 0.493 e. The zero-order valence-electron chi connectivity index (χ0n) is 21.4. The van der Waals surface area contributed by atoms with Gasteiger partial charge in [-0.2, -0.15) is 5.21 Å². The quantitative estimate of drug-likeness (QED) is 0.237. The number of para-hydroxylation sites is 2. The topological polar surface area (TPSA) is 104 Å². The van der Waals surface area contributed by atoms with Gasteiger partial charge >= 0.3 is 0 Å². The second-order valence-corrected chi connectivity index (χ2v) is 9.67. The molecule has 0 aliphatic rings. The molecular formula is C29H25N7O2S. The van der Waals surface area contributed by atoms with Gasteiger partial charge in [0.05, 0.1) is 31.8 Å². The van der Waals surface area contributed by atoms with Gasteiger partial charge in [-0.05, 0) is 34.0 Å². The van der Waals surface area contributed by atoms with Crippen molar-refractivity contribution in [1.82, 2.24) is 35.2 Å². The van der Waals surface area contributed by atoms with E-state index >= 15 is 0 Å². The van der Waals surface area contributed by atoms with Crippen molar-refractivity contribution >= 4 is 22.8 Å². The van der Waals surface area contributed by atoms with Gasteiger partial charge in [-0.3, -0.25) is 4.98 Å². The molecule has 0 unspecified atom stereocenters. The average Bonchev–Trinajstić information content (AvgIpc) is 3.65. The van der Waals surface area contributed by atoms with Crippen molar-refractivity contribution in [2.24, 2.45) is 0 Å². The highest BCUT2D eigenvalue weighted by Gasteiger charge is 2.17. The molecule has 0 fully saturated rings. The van der Waals surface area contributed by atoms with E-state index in [1.807, 2.05) is 36.4 Å². The van der Waals surface area contributed by atoms with Crippen LogP contribution in [0.3, 0.4) is 0 Å². The maximum absolute atomic E-state index is 5.64. The summed E-state index contributed by atoms with van der Waals surface area (Å²) in [6.07, 6.45) is 1.74. The predicted molar refractivity (Wildman–Crippen MR) is 151 cm³/mol. The lowest BCUT2D eigenvalue weighted by atomic mass is 9.98. The number of thioether (sulfide) groups is 1.